The number of imidazole rings is 1. The molecule has 0 radical (unpaired) electrons. The zero-order chi connectivity index (χ0) is 27.7. The number of fused-ring (bicyclic) bond motifs is 1. The van der Waals surface area contributed by atoms with E-state index in [1.807, 2.05) is 84.7 Å². The van der Waals surface area contributed by atoms with Crippen LogP contribution in [0.25, 0.3) is 27.8 Å². The van der Waals surface area contributed by atoms with Gasteiger partial charge >= 0.3 is 0 Å². The number of Topliss-reactive ketones (excluding diaryl/α,β-unsaturated/α-hetero) is 1. The Labute approximate surface area is 233 Å². The summed E-state index contributed by atoms with van der Waals surface area (Å²) in [6.07, 6.45) is 12.1. The molecule has 0 saturated heterocycles. The molecule has 5 rings (SSSR count). The molecule has 1 atom stereocenters. The number of aromatic amines is 1. The van der Waals surface area contributed by atoms with E-state index in [9.17, 15) is 9.59 Å². The number of hydrogen-bond acceptors (Lipinski definition) is 5. The van der Waals surface area contributed by atoms with Gasteiger partial charge in [0.15, 0.2) is 0 Å². The van der Waals surface area contributed by atoms with Gasteiger partial charge in [0, 0.05) is 36.8 Å². The number of H-pyrrole nitrogens is 1. The number of carbonyl (C=O) groups excluding carboxylic acids is 2. The summed E-state index contributed by atoms with van der Waals surface area (Å²) < 4.78 is 1.81. The van der Waals surface area contributed by atoms with Crippen LogP contribution in [-0.2, 0) is 16.0 Å². The largest absolute Gasteiger partial charge is 0.346 e. The lowest BCUT2D eigenvalue weighted by atomic mass is 10.0. The van der Waals surface area contributed by atoms with Crippen molar-refractivity contribution in [3.8, 4) is 16.9 Å². The third kappa shape index (κ3) is 6.88. The Morgan fingerprint density at radius 3 is 2.62 bits per heavy atom. The maximum Gasteiger partial charge on any atom is 0.225 e. The lowest BCUT2D eigenvalue weighted by Gasteiger charge is -2.17. The quantitative estimate of drug-likeness (QED) is 0.177. The first-order valence-corrected chi connectivity index (χ1v) is 13.9. The van der Waals surface area contributed by atoms with Crippen LogP contribution in [0.2, 0.25) is 0 Å². The minimum atomic E-state index is -0.264. The van der Waals surface area contributed by atoms with E-state index in [0.717, 1.165) is 64.9 Å². The molecule has 0 bridgehead atoms. The average Bonchev–Trinajstić information content (AvgIpc) is 3.70. The molecule has 0 fully saturated rings. The smallest absolute Gasteiger partial charge is 0.225 e. The molecule has 5 aromatic rings. The molecule has 0 aliphatic rings. The van der Waals surface area contributed by atoms with Gasteiger partial charge in [-0.1, -0.05) is 50.1 Å². The summed E-state index contributed by atoms with van der Waals surface area (Å²) in [4.78, 5) is 37.4. The predicted molar refractivity (Wildman–Crippen MR) is 156 cm³/mol. The van der Waals surface area contributed by atoms with E-state index in [-0.39, 0.29) is 18.4 Å². The number of ketones is 1. The van der Waals surface area contributed by atoms with Gasteiger partial charge in [0.25, 0.3) is 0 Å². The molecule has 2 N–H and O–H groups in total. The lowest BCUT2D eigenvalue weighted by molar-refractivity contribution is -0.121. The van der Waals surface area contributed by atoms with Crippen molar-refractivity contribution in [1.29, 1.82) is 0 Å². The van der Waals surface area contributed by atoms with Crippen molar-refractivity contribution >= 4 is 22.6 Å². The number of hydrogen-bond donors (Lipinski definition) is 2. The van der Waals surface area contributed by atoms with Gasteiger partial charge in [-0.25, -0.2) is 9.67 Å². The van der Waals surface area contributed by atoms with E-state index in [1.165, 1.54) is 0 Å². The van der Waals surface area contributed by atoms with Crippen molar-refractivity contribution in [2.75, 3.05) is 0 Å². The fourth-order valence-electron chi connectivity index (χ4n) is 4.82. The van der Waals surface area contributed by atoms with E-state index in [2.05, 4.69) is 25.4 Å². The van der Waals surface area contributed by atoms with Crippen LogP contribution in [0, 0.1) is 0 Å². The number of amides is 1. The fourth-order valence-corrected chi connectivity index (χ4v) is 4.82. The molecule has 0 aliphatic heterocycles. The number of nitrogens with one attached hydrogen (secondary N) is 2. The Morgan fingerprint density at radius 1 is 0.975 bits per heavy atom. The van der Waals surface area contributed by atoms with Crippen LogP contribution in [0.5, 0.6) is 0 Å². The van der Waals surface area contributed by atoms with Gasteiger partial charge < -0.3 is 10.3 Å². The molecular formula is C32H34N6O2. The highest BCUT2D eigenvalue weighted by Gasteiger charge is 2.19. The molecule has 0 unspecified atom stereocenters. The summed E-state index contributed by atoms with van der Waals surface area (Å²) in [7, 11) is 0. The van der Waals surface area contributed by atoms with Crippen molar-refractivity contribution in [2.24, 2.45) is 0 Å². The maximum atomic E-state index is 13.1. The fraction of sp³-hybridized carbons (Fsp3) is 0.281. The van der Waals surface area contributed by atoms with E-state index in [4.69, 9.17) is 0 Å². The van der Waals surface area contributed by atoms with Gasteiger partial charge in [-0.3, -0.25) is 14.6 Å². The van der Waals surface area contributed by atoms with Crippen LogP contribution in [0.4, 0.5) is 0 Å². The van der Waals surface area contributed by atoms with Crippen LogP contribution >= 0.6 is 0 Å². The first-order chi connectivity index (χ1) is 19.6. The molecule has 204 valence electrons. The zero-order valence-electron chi connectivity index (χ0n) is 22.7. The molecule has 0 saturated carbocycles. The zero-order valence-corrected chi connectivity index (χ0v) is 22.7. The molecule has 0 aliphatic carbocycles. The van der Waals surface area contributed by atoms with Crippen molar-refractivity contribution < 1.29 is 9.59 Å². The second kappa shape index (κ2) is 13.0. The molecule has 2 aromatic carbocycles. The molecule has 8 heteroatoms. The standard InChI is InChI=1S/C32H34N6O2/c1-2-27(39)10-4-3-5-12-29(36-31(40)20-23-19-25-9-6-7-11-28(25)33-21-23)32-34-22-30(37-32)24-13-15-26(16-14-24)38-18-8-17-35-38/h6-9,11,13-19,21-22,29H,2-5,10,12,20H2,1H3,(H,34,37)(H,36,40)/t29-/m0/s1. The van der Waals surface area contributed by atoms with E-state index in [0.29, 0.717) is 18.6 Å². The third-order valence-electron chi connectivity index (χ3n) is 7.06. The Hall–Kier alpha value is -4.59. The number of pyridine rings is 1. The molecule has 3 aromatic heterocycles. The van der Waals surface area contributed by atoms with Gasteiger partial charge in [-0.2, -0.15) is 5.10 Å². The van der Waals surface area contributed by atoms with Gasteiger partial charge in [-0.05, 0) is 54.3 Å². The summed E-state index contributed by atoms with van der Waals surface area (Å²) in [6, 6.07) is 19.6. The molecule has 3 heterocycles. The van der Waals surface area contributed by atoms with Crippen molar-refractivity contribution in [2.45, 2.75) is 57.9 Å². The predicted octanol–water partition coefficient (Wildman–Crippen LogP) is 6.14. The van der Waals surface area contributed by atoms with Crippen LogP contribution in [0.3, 0.4) is 0 Å². The van der Waals surface area contributed by atoms with Crippen LogP contribution < -0.4 is 5.32 Å². The van der Waals surface area contributed by atoms with Gasteiger partial charge in [0.05, 0.1) is 35.6 Å². The molecule has 40 heavy (non-hydrogen) atoms. The number of unbranched alkanes of at least 4 members (excludes halogenated alkanes) is 2. The normalized spacial score (nSPS) is 11.9. The summed E-state index contributed by atoms with van der Waals surface area (Å²) in [5.74, 6) is 0.939. The Balaban J connectivity index is 1.27. The monoisotopic (exact) mass is 534 g/mol. The maximum absolute atomic E-state index is 13.1. The van der Waals surface area contributed by atoms with E-state index < -0.39 is 0 Å². The molecule has 0 spiro atoms. The summed E-state index contributed by atoms with van der Waals surface area (Å²) >= 11 is 0. The number of rotatable bonds is 13. The summed E-state index contributed by atoms with van der Waals surface area (Å²) in [5.41, 5.74) is 4.63. The van der Waals surface area contributed by atoms with Gasteiger partial charge in [0.2, 0.25) is 5.91 Å². The highest BCUT2D eigenvalue weighted by Crippen LogP contribution is 2.24. The number of para-hydroxylation sites is 1. The number of nitrogens with zero attached hydrogens (tertiary/aromatic N) is 4. The first-order valence-electron chi connectivity index (χ1n) is 13.9. The number of carbonyl (C=O) groups is 2. The summed E-state index contributed by atoms with van der Waals surface area (Å²) in [6.45, 7) is 1.90. The van der Waals surface area contributed by atoms with Crippen LogP contribution in [0.15, 0.2) is 85.5 Å². The Morgan fingerprint density at radius 2 is 1.82 bits per heavy atom. The van der Waals surface area contributed by atoms with Crippen molar-refractivity contribution in [3.05, 3.63) is 96.8 Å². The Bertz CT molecular complexity index is 1560. The van der Waals surface area contributed by atoms with Crippen molar-refractivity contribution in [1.82, 2.24) is 30.0 Å². The van der Waals surface area contributed by atoms with E-state index in [1.54, 1.807) is 12.4 Å². The molecule has 8 nitrogen and oxygen atoms in total. The lowest BCUT2D eigenvalue weighted by Crippen LogP contribution is -2.30. The number of aromatic nitrogens is 5. The van der Waals surface area contributed by atoms with Crippen LogP contribution in [0.1, 0.15) is 62.9 Å². The minimum absolute atomic E-state index is 0.0789. The Kier molecular flexibility index (Phi) is 8.76. The highest BCUT2D eigenvalue weighted by molar-refractivity contribution is 5.83. The van der Waals surface area contributed by atoms with Gasteiger partial charge in [0.1, 0.15) is 11.6 Å². The van der Waals surface area contributed by atoms with Gasteiger partial charge in [-0.15, -0.1) is 0 Å². The SMILES string of the molecule is CCC(=O)CCCCC[C@H](NC(=O)Cc1cnc2ccccc2c1)c1ncc(-c2ccc(-n3cccn3)cc2)[nH]1. The third-order valence-corrected chi connectivity index (χ3v) is 7.06. The van der Waals surface area contributed by atoms with Crippen molar-refractivity contribution in [3.63, 3.8) is 0 Å². The first kappa shape index (κ1) is 27.0. The second-order valence-electron chi connectivity index (χ2n) is 10.0. The average molecular weight is 535 g/mol. The topological polar surface area (TPSA) is 106 Å². The minimum Gasteiger partial charge on any atom is -0.346 e. The molecular weight excluding hydrogens is 500 g/mol. The van der Waals surface area contributed by atoms with Crippen LogP contribution in [-0.4, -0.2) is 36.4 Å². The molecule has 1 amide bonds. The number of benzene rings is 2. The van der Waals surface area contributed by atoms with E-state index >= 15 is 0 Å². The second-order valence-corrected chi connectivity index (χ2v) is 10.0. The highest BCUT2D eigenvalue weighted by atomic mass is 16.1. The summed E-state index contributed by atoms with van der Waals surface area (Å²) in [5, 5.41) is 8.49.